The van der Waals surface area contributed by atoms with Gasteiger partial charge >= 0.3 is 0 Å². The second kappa shape index (κ2) is 2.25. The van der Waals surface area contributed by atoms with Crippen molar-refractivity contribution in [3.05, 3.63) is 4.91 Å². The largest absolute Gasteiger partial charge is 0.201 e. The molecule has 2 nitrogen and oxygen atoms in total. The first-order valence-electron chi connectivity index (χ1n) is 3.28. The topological polar surface area (TPSA) is 20.1 Å². The summed E-state index contributed by atoms with van der Waals surface area (Å²) in [5, 5.41) is 0. The van der Waals surface area contributed by atoms with Crippen LogP contribution in [0.1, 0.15) is 26.2 Å². The molecule has 1 unspecified atom stereocenters. The molecule has 46 valence electrons. The first-order valence-corrected chi connectivity index (χ1v) is 3.28. The smallest absolute Gasteiger partial charge is 0.0589 e. The maximum atomic E-state index is 10.7. The Labute approximate surface area is 49.5 Å². The second-order valence-corrected chi connectivity index (χ2v) is 2.34. The molecular weight excluding hydrogens is 102 g/mol. The van der Waals surface area contributed by atoms with Crippen molar-refractivity contribution in [2.24, 2.45) is 0 Å². The molecule has 0 aliphatic carbocycles. The Morgan fingerprint density at radius 2 is 2.50 bits per heavy atom. The van der Waals surface area contributed by atoms with Gasteiger partial charge in [-0.05, 0) is 0 Å². The summed E-state index contributed by atoms with van der Waals surface area (Å²) in [6.07, 6.45) is 3.23. The zero-order chi connectivity index (χ0) is 5.98. The standard InChI is InChI=1S/C6H12NO/c1-2-6-4-3-5-7(6)8/h6H,2-5H2,1H3/q+1. The van der Waals surface area contributed by atoms with Gasteiger partial charge in [0.25, 0.3) is 0 Å². The molecule has 0 N–H and O–H groups in total. The average molecular weight is 114 g/mol. The summed E-state index contributed by atoms with van der Waals surface area (Å²) in [6.45, 7) is 2.83. The Morgan fingerprint density at radius 3 is 2.75 bits per heavy atom. The summed E-state index contributed by atoms with van der Waals surface area (Å²) < 4.78 is 1.21. The SMILES string of the molecule is CCC1CCC[N+]1=O. The van der Waals surface area contributed by atoms with Gasteiger partial charge in [-0.15, -0.1) is 0 Å². The molecule has 1 heterocycles. The van der Waals surface area contributed by atoms with Crippen LogP contribution < -0.4 is 0 Å². The third-order valence-corrected chi connectivity index (χ3v) is 1.79. The molecule has 0 saturated carbocycles. The van der Waals surface area contributed by atoms with Gasteiger partial charge in [-0.25, -0.2) is 0 Å². The Hall–Kier alpha value is -0.400. The molecule has 0 radical (unpaired) electrons. The highest BCUT2D eigenvalue weighted by atomic mass is 16.3. The molecule has 0 aromatic heterocycles. The minimum atomic E-state index is 0.343. The van der Waals surface area contributed by atoms with E-state index >= 15 is 0 Å². The maximum Gasteiger partial charge on any atom is 0.201 e. The molecule has 0 aromatic rings. The van der Waals surface area contributed by atoms with Crippen LogP contribution >= 0.6 is 0 Å². The predicted octanol–water partition coefficient (Wildman–Crippen LogP) is 1.34. The van der Waals surface area contributed by atoms with Crippen molar-refractivity contribution >= 4 is 0 Å². The molecule has 1 saturated heterocycles. The van der Waals surface area contributed by atoms with E-state index in [9.17, 15) is 4.91 Å². The van der Waals surface area contributed by atoms with Crippen molar-refractivity contribution in [2.75, 3.05) is 6.54 Å². The van der Waals surface area contributed by atoms with E-state index in [2.05, 4.69) is 6.92 Å². The fraction of sp³-hybridized carbons (Fsp3) is 1.00. The molecule has 1 rings (SSSR count). The van der Waals surface area contributed by atoms with Gasteiger partial charge in [-0.3, -0.25) is 0 Å². The van der Waals surface area contributed by atoms with Gasteiger partial charge in [0.1, 0.15) is 0 Å². The van der Waals surface area contributed by atoms with Gasteiger partial charge in [-0.1, -0.05) is 6.92 Å². The van der Waals surface area contributed by atoms with Crippen molar-refractivity contribution in [2.45, 2.75) is 32.2 Å². The predicted molar refractivity (Wildman–Crippen MR) is 31.8 cm³/mol. The van der Waals surface area contributed by atoms with Crippen LogP contribution in [0.3, 0.4) is 0 Å². The quantitative estimate of drug-likeness (QED) is 0.471. The van der Waals surface area contributed by atoms with Gasteiger partial charge in [-0.2, -0.15) is 0 Å². The lowest BCUT2D eigenvalue weighted by Gasteiger charge is -1.91. The highest BCUT2D eigenvalue weighted by Crippen LogP contribution is 2.13. The Kier molecular flexibility index (Phi) is 1.61. The summed E-state index contributed by atoms with van der Waals surface area (Å²) >= 11 is 0. The van der Waals surface area contributed by atoms with Crippen molar-refractivity contribution < 1.29 is 4.76 Å². The third-order valence-electron chi connectivity index (χ3n) is 1.79. The number of nitrogens with zero attached hydrogens (tertiary/aromatic N) is 1. The molecule has 8 heavy (non-hydrogen) atoms. The minimum Gasteiger partial charge on any atom is -0.0589 e. The van der Waals surface area contributed by atoms with Crippen LogP contribution in [0.25, 0.3) is 0 Å². The fourth-order valence-corrected chi connectivity index (χ4v) is 1.22. The van der Waals surface area contributed by atoms with E-state index in [0.717, 1.165) is 25.8 Å². The fourth-order valence-electron chi connectivity index (χ4n) is 1.22. The van der Waals surface area contributed by atoms with Crippen LogP contribution in [0.4, 0.5) is 0 Å². The van der Waals surface area contributed by atoms with Crippen LogP contribution in [-0.2, 0) is 0 Å². The third kappa shape index (κ3) is 0.881. The van der Waals surface area contributed by atoms with Crippen molar-refractivity contribution in [3.63, 3.8) is 0 Å². The minimum absolute atomic E-state index is 0.343. The highest BCUT2D eigenvalue weighted by Gasteiger charge is 2.28. The van der Waals surface area contributed by atoms with Gasteiger partial charge in [0.15, 0.2) is 6.54 Å². The monoisotopic (exact) mass is 114 g/mol. The molecule has 2 heteroatoms. The molecule has 0 spiro atoms. The van der Waals surface area contributed by atoms with Crippen molar-refractivity contribution in [1.29, 1.82) is 0 Å². The van der Waals surface area contributed by atoms with Crippen LogP contribution in [0, 0.1) is 4.91 Å². The summed E-state index contributed by atoms with van der Waals surface area (Å²) in [7, 11) is 0. The molecule has 1 fully saturated rings. The molecule has 1 atom stereocenters. The van der Waals surface area contributed by atoms with Crippen LogP contribution in [0.5, 0.6) is 0 Å². The van der Waals surface area contributed by atoms with Gasteiger partial charge in [0.2, 0.25) is 6.04 Å². The lowest BCUT2D eigenvalue weighted by Crippen LogP contribution is -2.14. The Bertz CT molecular complexity index is 101. The number of hydrogen-bond donors (Lipinski definition) is 0. The molecule has 0 amide bonds. The average Bonchev–Trinajstić information content (AvgIpc) is 2.14. The van der Waals surface area contributed by atoms with Crippen LogP contribution in [0.15, 0.2) is 0 Å². The molecule has 0 aromatic carbocycles. The van der Waals surface area contributed by atoms with E-state index in [1.165, 1.54) is 4.76 Å². The van der Waals surface area contributed by atoms with E-state index in [-0.39, 0.29) is 0 Å². The summed E-state index contributed by atoms with van der Waals surface area (Å²) in [6, 6.07) is 0.343. The zero-order valence-corrected chi connectivity index (χ0v) is 5.26. The van der Waals surface area contributed by atoms with Crippen molar-refractivity contribution in [3.8, 4) is 0 Å². The van der Waals surface area contributed by atoms with E-state index in [1.807, 2.05) is 0 Å². The first kappa shape index (κ1) is 5.73. The zero-order valence-electron chi connectivity index (χ0n) is 5.26. The molecular formula is C6H12NO+. The normalized spacial score (nSPS) is 29.1. The van der Waals surface area contributed by atoms with E-state index in [0.29, 0.717) is 6.04 Å². The Balaban J connectivity index is 2.42. The maximum absolute atomic E-state index is 10.7. The van der Waals surface area contributed by atoms with E-state index in [4.69, 9.17) is 0 Å². The lowest BCUT2D eigenvalue weighted by atomic mass is 10.2. The number of nitroso groups, excluding NO2 is 1. The van der Waals surface area contributed by atoms with Gasteiger partial charge in [0, 0.05) is 28.9 Å². The van der Waals surface area contributed by atoms with Crippen molar-refractivity contribution in [1.82, 2.24) is 0 Å². The second-order valence-electron chi connectivity index (χ2n) is 2.34. The molecule has 1 aliphatic heterocycles. The summed E-state index contributed by atoms with van der Waals surface area (Å²) in [4.78, 5) is 10.7. The Morgan fingerprint density at radius 1 is 1.75 bits per heavy atom. The summed E-state index contributed by atoms with van der Waals surface area (Å²) in [5.74, 6) is 0. The van der Waals surface area contributed by atoms with Gasteiger partial charge in [0.05, 0.1) is 0 Å². The van der Waals surface area contributed by atoms with E-state index in [1.54, 1.807) is 0 Å². The number of rotatable bonds is 1. The van der Waals surface area contributed by atoms with Gasteiger partial charge < -0.3 is 0 Å². The first-order chi connectivity index (χ1) is 3.84. The van der Waals surface area contributed by atoms with E-state index < -0.39 is 0 Å². The molecule has 1 aliphatic rings. The molecule has 0 bridgehead atoms. The highest BCUT2D eigenvalue weighted by molar-refractivity contribution is 4.58. The van der Waals surface area contributed by atoms with Crippen LogP contribution in [0.2, 0.25) is 0 Å². The summed E-state index contributed by atoms with van der Waals surface area (Å²) in [5.41, 5.74) is 0. The lowest BCUT2D eigenvalue weighted by molar-refractivity contribution is -0.564. The number of hydrogen-bond acceptors (Lipinski definition) is 1. The van der Waals surface area contributed by atoms with Crippen LogP contribution in [-0.4, -0.2) is 17.3 Å².